The highest BCUT2D eigenvalue weighted by Crippen LogP contribution is 1.98. The van der Waals surface area contributed by atoms with E-state index in [-0.39, 0.29) is 5.75 Å². The van der Waals surface area contributed by atoms with Crippen LogP contribution >= 0.6 is 15.9 Å². The van der Waals surface area contributed by atoms with E-state index >= 15 is 0 Å². The summed E-state index contributed by atoms with van der Waals surface area (Å²) in [4.78, 5) is 0. The van der Waals surface area contributed by atoms with Crippen LogP contribution < -0.4 is 4.72 Å². The number of halogens is 1. The molecule has 0 aliphatic carbocycles. The molecule has 0 fully saturated rings. The van der Waals surface area contributed by atoms with Crippen LogP contribution in [0.3, 0.4) is 0 Å². The van der Waals surface area contributed by atoms with E-state index in [1.807, 2.05) is 6.92 Å². The standard InChI is InChI=1S/C8H18BrNO2S/c1-2-8-13(11,12)10-7-5-3-4-6-9/h10H,2-8H2,1H3. The number of rotatable bonds is 8. The van der Waals surface area contributed by atoms with E-state index in [1.54, 1.807) is 0 Å². The minimum absolute atomic E-state index is 0.242. The highest BCUT2D eigenvalue weighted by atomic mass is 79.9. The van der Waals surface area contributed by atoms with Crippen molar-refractivity contribution < 1.29 is 8.42 Å². The number of hydrogen-bond acceptors (Lipinski definition) is 2. The van der Waals surface area contributed by atoms with E-state index in [4.69, 9.17) is 0 Å². The molecule has 5 heteroatoms. The van der Waals surface area contributed by atoms with Gasteiger partial charge in [0.1, 0.15) is 0 Å². The summed E-state index contributed by atoms with van der Waals surface area (Å²) < 4.78 is 24.9. The van der Waals surface area contributed by atoms with Crippen molar-refractivity contribution >= 4 is 26.0 Å². The van der Waals surface area contributed by atoms with Gasteiger partial charge in [-0.05, 0) is 19.3 Å². The minimum Gasteiger partial charge on any atom is -0.215 e. The summed E-state index contributed by atoms with van der Waals surface area (Å²) >= 11 is 3.33. The van der Waals surface area contributed by atoms with Gasteiger partial charge in [-0.2, -0.15) is 0 Å². The van der Waals surface area contributed by atoms with Crippen molar-refractivity contribution in [1.29, 1.82) is 0 Å². The molecule has 0 rings (SSSR count). The quantitative estimate of drug-likeness (QED) is 0.541. The van der Waals surface area contributed by atoms with Crippen LogP contribution in [0.1, 0.15) is 32.6 Å². The number of hydrogen-bond donors (Lipinski definition) is 1. The Kier molecular flexibility index (Phi) is 8.00. The van der Waals surface area contributed by atoms with Gasteiger partial charge in [-0.1, -0.05) is 29.3 Å². The van der Waals surface area contributed by atoms with Crippen LogP contribution in [0, 0.1) is 0 Å². The lowest BCUT2D eigenvalue weighted by Crippen LogP contribution is -2.27. The molecule has 0 amide bonds. The fourth-order valence-corrected chi connectivity index (χ4v) is 2.50. The summed E-state index contributed by atoms with van der Waals surface area (Å²) in [5.74, 6) is 0.242. The van der Waals surface area contributed by atoms with Crippen LogP contribution in [0.4, 0.5) is 0 Å². The molecule has 0 saturated heterocycles. The summed E-state index contributed by atoms with van der Waals surface area (Å²) in [7, 11) is -2.98. The molecular weight excluding hydrogens is 254 g/mol. The smallest absolute Gasteiger partial charge is 0.211 e. The Balaban J connectivity index is 3.41. The first-order chi connectivity index (χ1) is 6.12. The van der Waals surface area contributed by atoms with Gasteiger partial charge in [-0.3, -0.25) is 0 Å². The Labute approximate surface area is 89.5 Å². The van der Waals surface area contributed by atoms with E-state index in [0.29, 0.717) is 13.0 Å². The Hall–Kier alpha value is 0.390. The van der Waals surface area contributed by atoms with Crippen molar-refractivity contribution in [2.24, 2.45) is 0 Å². The third kappa shape index (κ3) is 8.71. The topological polar surface area (TPSA) is 46.2 Å². The minimum atomic E-state index is -2.98. The average Bonchev–Trinajstić information content (AvgIpc) is 2.04. The molecule has 0 bridgehead atoms. The molecule has 0 aliphatic heterocycles. The third-order valence-electron chi connectivity index (χ3n) is 1.61. The zero-order valence-corrected chi connectivity index (χ0v) is 10.5. The van der Waals surface area contributed by atoms with Crippen LogP contribution in [0.15, 0.2) is 0 Å². The first-order valence-corrected chi connectivity index (χ1v) is 7.43. The molecule has 0 heterocycles. The van der Waals surface area contributed by atoms with Crippen molar-refractivity contribution in [2.45, 2.75) is 32.6 Å². The second-order valence-corrected chi connectivity index (χ2v) is 5.68. The maximum Gasteiger partial charge on any atom is 0.211 e. The molecule has 80 valence electrons. The SMILES string of the molecule is CCCS(=O)(=O)NCCCCCBr. The largest absolute Gasteiger partial charge is 0.215 e. The third-order valence-corrected chi connectivity index (χ3v) is 3.76. The maximum absolute atomic E-state index is 11.1. The summed E-state index contributed by atoms with van der Waals surface area (Å²) in [6, 6.07) is 0. The molecule has 0 unspecified atom stereocenters. The van der Waals surface area contributed by atoms with Crippen LogP contribution in [0.25, 0.3) is 0 Å². The van der Waals surface area contributed by atoms with Gasteiger partial charge in [-0.15, -0.1) is 0 Å². The second-order valence-electron chi connectivity index (χ2n) is 2.96. The molecular formula is C8H18BrNO2S. The summed E-state index contributed by atoms with van der Waals surface area (Å²) in [5.41, 5.74) is 0. The monoisotopic (exact) mass is 271 g/mol. The molecule has 0 aromatic rings. The lowest BCUT2D eigenvalue weighted by atomic mass is 10.3. The number of sulfonamides is 1. The number of unbranched alkanes of at least 4 members (excludes halogenated alkanes) is 2. The highest BCUT2D eigenvalue weighted by molar-refractivity contribution is 9.09. The van der Waals surface area contributed by atoms with E-state index in [0.717, 1.165) is 24.6 Å². The molecule has 0 saturated carbocycles. The molecule has 0 radical (unpaired) electrons. The van der Waals surface area contributed by atoms with Gasteiger partial charge in [0, 0.05) is 11.9 Å². The van der Waals surface area contributed by atoms with Crippen molar-refractivity contribution in [3.63, 3.8) is 0 Å². The molecule has 0 aromatic heterocycles. The predicted octanol–water partition coefficient (Wildman–Crippen LogP) is 1.88. The Morgan fingerprint density at radius 3 is 2.46 bits per heavy atom. The molecule has 0 spiro atoms. The Bertz CT molecular complexity index is 204. The number of alkyl halides is 1. The molecule has 1 N–H and O–H groups in total. The van der Waals surface area contributed by atoms with Crippen LogP contribution in [0.2, 0.25) is 0 Å². The highest BCUT2D eigenvalue weighted by Gasteiger charge is 2.06. The first kappa shape index (κ1) is 13.4. The van der Waals surface area contributed by atoms with E-state index in [1.165, 1.54) is 0 Å². The van der Waals surface area contributed by atoms with Crippen molar-refractivity contribution in [2.75, 3.05) is 17.6 Å². The van der Waals surface area contributed by atoms with Crippen molar-refractivity contribution in [3.8, 4) is 0 Å². The van der Waals surface area contributed by atoms with Crippen LogP contribution in [-0.2, 0) is 10.0 Å². The van der Waals surface area contributed by atoms with Crippen molar-refractivity contribution in [3.05, 3.63) is 0 Å². The zero-order chi connectivity index (χ0) is 10.2. The second kappa shape index (κ2) is 7.76. The average molecular weight is 272 g/mol. The van der Waals surface area contributed by atoms with Crippen LogP contribution in [0.5, 0.6) is 0 Å². The molecule has 0 aliphatic rings. The normalized spacial score (nSPS) is 11.8. The summed E-state index contributed by atoms with van der Waals surface area (Å²) in [6.45, 7) is 2.44. The van der Waals surface area contributed by atoms with Gasteiger partial charge >= 0.3 is 0 Å². The fraction of sp³-hybridized carbons (Fsp3) is 1.00. The van der Waals surface area contributed by atoms with E-state index < -0.39 is 10.0 Å². The Morgan fingerprint density at radius 1 is 1.23 bits per heavy atom. The molecule has 0 atom stereocenters. The van der Waals surface area contributed by atoms with E-state index in [2.05, 4.69) is 20.7 Å². The van der Waals surface area contributed by atoms with Crippen molar-refractivity contribution in [1.82, 2.24) is 4.72 Å². The lowest BCUT2D eigenvalue weighted by Gasteiger charge is -2.04. The van der Waals surface area contributed by atoms with Crippen LogP contribution in [-0.4, -0.2) is 26.0 Å². The lowest BCUT2D eigenvalue weighted by molar-refractivity contribution is 0.575. The van der Waals surface area contributed by atoms with Gasteiger partial charge in [-0.25, -0.2) is 13.1 Å². The fourth-order valence-electron chi connectivity index (χ4n) is 0.965. The molecule has 3 nitrogen and oxygen atoms in total. The Morgan fingerprint density at radius 2 is 1.92 bits per heavy atom. The maximum atomic E-state index is 11.1. The molecule has 13 heavy (non-hydrogen) atoms. The van der Waals surface area contributed by atoms with Gasteiger partial charge < -0.3 is 0 Å². The van der Waals surface area contributed by atoms with E-state index in [9.17, 15) is 8.42 Å². The summed E-state index contributed by atoms with van der Waals surface area (Å²) in [6.07, 6.45) is 3.78. The summed E-state index contributed by atoms with van der Waals surface area (Å²) in [5, 5.41) is 0.995. The van der Waals surface area contributed by atoms with Gasteiger partial charge in [0.15, 0.2) is 0 Å². The molecule has 0 aromatic carbocycles. The van der Waals surface area contributed by atoms with Gasteiger partial charge in [0.2, 0.25) is 10.0 Å². The first-order valence-electron chi connectivity index (χ1n) is 4.65. The van der Waals surface area contributed by atoms with Gasteiger partial charge in [0.25, 0.3) is 0 Å². The predicted molar refractivity (Wildman–Crippen MR) is 59.7 cm³/mol. The number of nitrogens with one attached hydrogen (secondary N) is 1. The van der Waals surface area contributed by atoms with Gasteiger partial charge in [0.05, 0.1) is 5.75 Å². The zero-order valence-electron chi connectivity index (χ0n) is 8.05.